The van der Waals surface area contributed by atoms with Gasteiger partial charge in [0, 0.05) is 25.7 Å². The lowest BCUT2D eigenvalue weighted by Gasteiger charge is -2.32. The number of para-hydroxylation sites is 1. The molecule has 1 aromatic carbocycles. The van der Waals surface area contributed by atoms with E-state index in [1.165, 1.54) is 6.26 Å². The quantitative estimate of drug-likeness (QED) is 0.644. The van der Waals surface area contributed by atoms with Crippen molar-refractivity contribution in [3.8, 4) is 17.3 Å². The third-order valence-corrected chi connectivity index (χ3v) is 5.13. The maximum atomic E-state index is 12.3. The molecule has 1 fully saturated rings. The number of piperidine rings is 1. The molecule has 1 aliphatic rings. The van der Waals surface area contributed by atoms with Crippen molar-refractivity contribution in [1.82, 2.24) is 15.4 Å². The third kappa shape index (κ3) is 4.89. The zero-order valence-electron chi connectivity index (χ0n) is 16.5. The zero-order chi connectivity index (χ0) is 20.8. The summed E-state index contributed by atoms with van der Waals surface area (Å²) in [6, 6.07) is 14.3. The van der Waals surface area contributed by atoms with Crippen LogP contribution in [-0.2, 0) is 4.79 Å². The van der Waals surface area contributed by atoms with E-state index in [4.69, 9.17) is 13.7 Å². The van der Waals surface area contributed by atoms with E-state index in [-0.39, 0.29) is 24.1 Å². The highest BCUT2D eigenvalue weighted by atomic mass is 16.5. The first-order valence-corrected chi connectivity index (χ1v) is 9.93. The molecule has 0 saturated carbocycles. The van der Waals surface area contributed by atoms with Gasteiger partial charge in [0.1, 0.15) is 5.75 Å². The summed E-state index contributed by atoms with van der Waals surface area (Å²) >= 11 is 0. The molecule has 0 spiro atoms. The molecule has 3 aromatic rings. The number of nitrogens with one attached hydrogen (secondary N) is 1. The third-order valence-electron chi connectivity index (χ3n) is 5.13. The topological polar surface area (TPSA) is 97.8 Å². The highest BCUT2D eigenvalue weighted by molar-refractivity contribution is 5.92. The zero-order valence-corrected chi connectivity index (χ0v) is 16.5. The van der Waals surface area contributed by atoms with E-state index in [1.54, 1.807) is 18.2 Å². The number of nitrogens with zero attached hydrogens (tertiary/aromatic N) is 2. The average Bonchev–Trinajstić information content (AvgIpc) is 3.49. The predicted octanol–water partition coefficient (Wildman–Crippen LogP) is 2.98. The summed E-state index contributed by atoms with van der Waals surface area (Å²) in [4.78, 5) is 26.5. The first kappa shape index (κ1) is 19.8. The largest absolute Gasteiger partial charge is 0.484 e. The van der Waals surface area contributed by atoms with Crippen LogP contribution in [0.5, 0.6) is 5.75 Å². The first-order valence-electron chi connectivity index (χ1n) is 9.93. The van der Waals surface area contributed by atoms with Crippen LogP contribution in [0.2, 0.25) is 0 Å². The van der Waals surface area contributed by atoms with Gasteiger partial charge in [-0.25, -0.2) is 0 Å². The number of hydrogen-bond acceptors (Lipinski definition) is 6. The number of carbonyl (C=O) groups excluding carboxylic acids is 2. The van der Waals surface area contributed by atoms with Crippen LogP contribution in [0.1, 0.15) is 23.3 Å². The van der Waals surface area contributed by atoms with Crippen molar-refractivity contribution >= 4 is 11.8 Å². The van der Waals surface area contributed by atoms with Crippen molar-refractivity contribution < 1.29 is 23.3 Å². The van der Waals surface area contributed by atoms with Crippen molar-refractivity contribution in [2.75, 3.05) is 26.2 Å². The van der Waals surface area contributed by atoms with Gasteiger partial charge in [-0.05, 0) is 43.0 Å². The maximum absolute atomic E-state index is 12.3. The van der Waals surface area contributed by atoms with E-state index in [9.17, 15) is 9.59 Å². The Morgan fingerprint density at radius 1 is 1.10 bits per heavy atom. The number of amides is 2. The minimum Gasteiger partial charge on any atom is -0.484 e. The Balaban J connectivity index is 1.18. The molecule has 8 nitrogen and oxygen atoms in total. The van der Waals surface area contributed by atoms with Gasteiger partial charge in [0.2, 0.25) is 5.76 Å². The molecule has 156 valence electrons. The van der Waals surface area contributed by atoms with Crippen LogP contribution in [0.3, 0.4) is 0 Å². The minimum atomic E-state index is -0.286. The Hall–Kier alpha value is -3.55. The van der Waals surface area contributed by atoms with E-state index >= 15 is 0 Å². The second-order valence-electron chi connectivity index (χ2n) is 7.19. The second-order valence-corrected chi connectivity index (χ2v) is 7.19. The van der Waals surface area contributed by atoms with E-state index < -0.39 is 0 Å². The lowest BCUT2D eigenvalue weighted by Crippen LogP contribution is -2.43. The summed E-state index contributed by atoms with van der Waals surface area (Å²) in [6.45, 7) is 1.88. The van der Waals surface area contributed by atoms with Gasteiger partial charge >= 0.3 is 0 Å². The van der Waals surface area contributed by atoms with Gasteiger partial charge in [-0.3, -0.25) is 9.59 Å². The monoisotopic (exact) mass is 409 g/mol. The van der Waals surface area contributed by atoms with Crippen molar-refractivity contribution in [2.45, 2.75) is 12.8 Å². The van der Waals surface area contributed by atoms with Gasteiger partial charge in [0.05, 0.1) is 6.26 Å². The SMILES string of the molecule is O=C(NCC1CCN(C(=O)COc2ccccc2)CC1)c1cc(-c2ccco2)on1. The summed E-state index contributed by atoms with van der Waals surface area (Å²) in [5, 5.41) is 6.70. The molecular weight excluding hydrogens is 386 g/mol. The van der Waals surface area contributed by atoms with Crippen LogP contribution < -0.4 is 10.1 Å². The Morgan fingerprint density at radius 2 is 1.90 bits per heavy atom. The van der Waals surface area contributed by atoms with Gasteiger partial charge in [0.25, 0.3) is 11.8 Å². The van der Waals surface area contributed by atoms with E-state index in [0.29, 0.717) is 42.8 Å². The molecule has 0 atom stereocenters. The van der Waals surface area contributed by atoms with Gasteiger partial charge in [-0.15, -0.1) is 0 Å². The van der Waals surface area contributed by atoms with Gasteiger partial charge < -0.3 is 23.9 Å². The molecule has 2 amide bonds. The molecule has 30 heavy (non-hydrogen) atoms. The minimum absolute atomic E-state index is 0.0191. The molecule has 0 unspecified atom stereocenters. The summed E-state index contributed by atoms with van der Waals surface area (Å²) < 4.78 is 15.9. The molecule has 8 heteroatoms. The highest BCUT2D eigenvalue weighted by Gasteiger charge is 2.24. The van der Waals surface area contributed by atoms with Crippen LogP contribution >= 0.6 is 0 Å². The normalized spacial score (nSPS) is 14.5. The molecule has 0 aliphatic carbocycles. The molecule has 4 rings (SSSR count). The average molecular weight is 409 g/mol. The number of likely N-dealkylation sites (tertiary alicyclic amines) is 1. The van der Waals surface area contributed by atoms with Crippen molar-refractivity contribution in [1.29, 1.82) is 0 Å². The van der Waals surface area contributed by atoms with Crippen molar-refractivity contribution in [3.63, 3.8) is 0 Å². The van der Waals surface area contributed by atoms with Crippen LogP contribution in [0.25, 0.3) is 11.5 Å². The number of rotatable bonds is 7. The second kappa shape index (κ2) is 9.30. The fourth-order valence-electron chi connectivity index (χ4n) is 3.38. The van der Waals surface area contributed by atoms with E-state index in [0.717, 1.165) is 12.8 Å². The highest BCUT2D eigenvalue weighted by Crippen LogP contribution is 2.21. The molecule has 2 aromatic heterocycles. The number of furan rings is 1. The standard InChI is InChI=1S/C22H23N3O5/c26-21(15-29-17-5-2-1-3-6-17)25-10-8-16(9-11-25)14-23-22(27)18-13-20(30-24-18)19-7-4-12-28-19/h1-7,12-13,16H,8-11,14-15H2,(H,23,27). The lowest BCUT2D eigenvalue weighted by atomic mass is 9.96. The Bertz CT molecular complexity index is 960. The summed E-state index contributed by atoms with van der Waals surface area (Å²) in [5.74, 6) is 1.63. The maximum Gasteiger partial charge on any atom is 0.273 e. The van der Waals surface area contributed by atoms with Gasteiger partial charge in [0.15, 0.2) is 18.1 Å². The number of benzene rings is 1. The van der Waals surface area contributed by atoms with Crippen LogP contribution in [0.4, 0.5) is 0 Å². The fourth-order valence-corrected chi connectivity index (χ4v) is 3.38. The van der Waals surface area contributed by atoms with Gasteiger partial charge in [-0.2, -0.15) is 0 Å². The Kier molecular flexibility index (Phi) is 6.12. The summed E-state index contributed by atoms with van der Waals surface area (Å²) in [5.41, 5.74) is 0.215. The summed E-state index contributed by atoms with van der Waals surface area (Å²) in [7, 11) is 0. The molecule has 1 N–H and O–H groups in total. The molecule has 0 bridgehead atoms. The first-order chi connectivity index (χ1) is 14.7. The van der Waals surface area contributed by atoms with Crippen molar-refractivity contribution in [3.05, 3.63) is 60.5 Å². The van der Waals surface area contributed by atoms with Gasteiger partial charge in [-0.1, -0.05) is 23.4 Å². The van der Waals surface area contributed by atoms with Crippen LogP contribution in [0.15, 0.2) is 63.7 Å². The smallest absolute Gasteiger partial charge is 0.273 e. The predicted molar refractivity (Wildman–Crippen MR) is 108 cm³/mol. The number of carbonyl (C=O) groups is 2. The Morgan fingerprint density at radius 3 is 2.63 bits per heavy atom. The number of hydrogen-bond donors (Lipinski definition) is 1. The molecule has 1 saturated heterocycles. The molecule has 1 aliphatic heterocycles. The molecule has 0 radical (unpaired) electrons. The lowest BCUT2D eigenvalue weighted by molar-refractivity contribution is -0.134. The number of aromatic nitrogens is 1. The summed E-state index contributed by atoms with van der Waals surface area (Å²) in [6.07, 6.45) is 3.18. The van der Waals surface area contributed by atoms with E-state index in [1.807, 2.05) is 35.2 Å². The van der Waals surface area contributed by atoms with Crippen LogP contribution in [-0.4, -0.2) is 48.1 Å². The molecular formula is C22H23N3O5. The number of ether oxygens (including phenoxy) is 1. The van der Waals surface area contributed by atoms with Crippen molar-refractivity contribution in [2.24, 2.45) is 5.92 Å². The Labute approximate surface area is 173 Å². The molecule has 3 heterocycles. The van der Waals surface area contributed by atoms with Crippen LogP contribution in [0, 0.1) is 5.92 Å². The fraction of sp³-hybridized carbons (Fsp3) is 0.318. The van der Waals surface area contributed by atoms with E-state index in [2.05, 4.69) is 10.5 Å².